The molecule has 1 aromatic rings. The molecule has 0 radical (unpaired) electrons. The highest BCUT2D eigenvalue weighted by Crippen LogP contribution is 2.15. The summed E-state index contributed by atoms with van der Waals surface area (Å²) in [4.78, 5) is 26.7. The standard InChI is InChI=1S/C19H29N3O2/c1-14(17(23)21-19(2,3)4)22-12-10-16(11-13-22)20-18(24)15-8-6-5-7-9-15/h5-9,14,16H,10-13H2,1-4H3,(H,20,24)(H,21,23). The van der Waals surface area contributed by atoms with Crippen LogP contribution in [0.1, 0.15) is 50.9 Å². The molecule has 0 saturated carbocycles. The topological polar surface area (TPSA) is 61.4 Å². The van der Waals surface area contributed by atoms with E-state index in [0.717, 1.165) is 25.9 Å². The second-order valence-electron chi connectivity index (χ2n) is 7.56. The van der Waals surface area contributed by atoms with Crippen LogP contribution in [0, 0.1) is 0 Å². The fourth-order valence-electron chi connectivity index (χ4n) is 2.93. The Morgan fingerprint density at radius 3 is 2.25 bits per heavy atom. The van der Waals surface area contributed by atoms with Crippen LogP contribution in [0.5, 0.6) is 0 Å². The van der Waals surface area contributed by atoms with Gasteiger partial charge in [-0.25, -0.2) is 0 Å². The largest absolute Gasteiger partial charge is 0.350 e. The molecule has 1 heterocycles. The minimum atomic E-state index is -0.215. The van der Waals surface area contributed by atoms with Crippen LogP contribution in [-0.4, -0.2) is 47.4 Å². The monoisotopic (exact) mass is 331 g/mol. The highest BCUT2D eigenvalue weighted by Gasteiger charge is 2.28. The van der Waals surface area contributed by atoms with Crippen LogP contribution < -0.4 is 10.6 Å². The van der Waals surface area contributed by atoms with Gasteiger partial charge in [0.05, 0.1) is 6.04 Å². The number of nitrogens with one attached hydrogen (secondary N) is 2. The Balaban J connectivity index is 1.81. The summed E-state index contributed by atoms with van der Waals surface area (Å²) in [5.74, 6) is 0.0434. The Bertz CT molecular complexity index is 558. The molecule has 2 amide bonds. The molecule has 1 aliphatic rings. The summed E-state index contributed by atoms with van der Waals surface area (Å²) in [6.45, 7) is 9.55. The number of benzene rings is 1. The molecule has 0 spiro atoms. The van der Waals surface area contributed by atoms with E-state index in [1.807, 2.05) is 58.0 Å². The van der Waals surface area contributed by atoms with Gasteiger partial charge in [-0.2, -0.15) is 0 Å². The molecule has 2 rings (SSSR count). The number of hydrogen-bond acceptors (Lipinski definition) is 3. The minimum absolute atomic E-state index is 0.0208. The molecule has 1 aliphatic heterocycles. The lowest BCUT2D eigenvalue weighted by molar-refractivity contribution is -0.127. The smallest absolute Gasteiger partial charge is 0.251 e. The van der Waals surface area contributed by atoms with Crippen LogP contribution >= 0.6 is 0 Å². The molecule has 24 heavy (non-hydrogen) atoms. The summed E-state index contributed by atoms with van der Waals surface area (Å²) >= 11 is 0. The number of carbonyl (C=O) groups excluding carboxylic acids is 2. The van der Waals surface area contributed by atoms with E-state index in [1.165, 1.54) is 0 Å². The molecule has 1 aromatic carbocycles. The van der Waals surface area contributed by atoms with Crippen LogP contribution in [0.3, 0.4) is 0 Å². The van der Waals surface area contributed by atoms with E-state index in [-0.39, 0.29) is 29.4 Å². The third kappa shape index (κ3) is 5.34. The van der Waals surface area contributed by atoms with Crippen molar-refractivity contribution in [3.63, 3.8) is 0 Å². The number of piperidine rings is 1. The number of rotatable bonds is 4. The quantitative estimate of drug-likeness (QED) is 0.889. The zero-order valence-electron chi connectivity index (χ0n) is 15.1. The van der Waals surface area contributed by atoms with Crippen molar-refractivity contribution < 1.29 is 9.59 Å². The first-order chi connectivity index (χ1) is 11.3. The average molecular weight is 331 g/mol. The normalized spacial score (nSPS) is 18.0. The van der Waals surface area contributed by atoms with E-state index in [2.05, 4.69) is 15.5 Å². The molecule has 5 heteroatoms. The number of likely N-dealkylation sites (tertiary alicyclic amines) is 1. The Labute approximate surface area is 144 Å². The maximum Gasteiger partial charge on any atom is 0.251 e. The van der Waals surface area contributed by atoms with E-state index < -0.39 is 0 Å². The lowest BCUT2D eigenvalue weighted by atomic mass is 10.0. The lowest BCUT2D eigenvalue weighted by Gasteiger charge is -2.36. The van der Waals surface area contributed by atoms with Crippen LogP contribution in [0.4, 0.5) is 0 Å². The highest BCUT2D eigenvalue weighted by molar-refractivity contribution is 5.94. The van der Waals surface area contributed by atoms with Gasteiger partial charge in [0, 0.05) is 30.2 Å². The molecule has 5 nitrogen and oxygen atoms in total. The average Bonchev–Trinajstić information content (AvgIpc) is 2.54. The van der Waals surface area contributed by atoms with E-state index in [0.29, 0.717) is 5.56 Å². The van der Waals surface area contributed by atoms with Gasteiger partial charge in [-0.15, -0.1) is 0 Å². The first-order valence-corrected chi connectivity index (χ1v) is 8.68. The van der Waals surface area contributed by atoms with Crippen molar-refractivity contribution in [2.45, 2.75) is 58.2 Å². The van der Waals surface area contributed by atoms with E-state index in [1.54, 1.807) is 0 Å². The molecular formula is C19H29N3O2. The molecule has 1 unspecified atom stereocenters. The summed E-state index contributed by atoms with van der Waals surface area (Å²) in [7, 11) is 0. The Kier molecular flexibility index (Phi) is 5.99. The third-order valence-corrected chi connectivity index (χ3v) is 4.33. The second kappa shape index (κ2) is 7.79. The number of amides is 2. The van der Waals surface area contributed by atoms with Crippen LogP contribution in [-0.2, 0) is 4.79 Å². The molecule has 1 fully saturated rings. The minimum Gasteiger partial charge on any atom is -0.350 e. The zero-order valence-corrected chi connectivity index (χ0v) is 15.1. The number of carbonyl (C=O) groups is 2. The maximum atomic E-state index is 12.3. The van der Waals surface area contributed by atoms with Crippen molar-refractivity contribution in [2.24, 2.45) is 0 Å². The predicted octanol–water partition coefficient (Wildman–Crippen LogP) is 2.18. The molecular weight excluding hydrogens is 302 g/mol. The summed E-state index contributed by atoms with van der Waals surface area (Å²) in [5, 5.41) is 6.13. The van der Waals surface area contributed by atoms with E-state index in [4.69, 9.17) is 0 Å². The Morgan fingerprint density at radius 1 is 1.12 bits per heavy atom. The van der Waals surface area contributed by atoms with E-state index >= 15 is 0 Å². The molecule has 1 atom stereocenters. The molecule has 0 aliphatic carbocycles. The summed E-state index contributed by atoms with van der Waals surface area (Å²) < 4.78 is 0. The summed E-state index contributed by atoms with van der Waals surface area (Å²) in [6.07, 6.45) is 1.73. The van der Waals surface area contributed by atoms with Gasteiger partial charge in [0.2, 0.25) is 5.91 Å². The molecule has 0 bridgehead atoms. The van der Waals surface area contributed by atoms with Gasteiger partial charge < -0.3 is 10.6 Å². The van der Waals surface area contributed by atoms with Crippen molar-refractivity contribution in [3.8, 4) is 0 Å². The van der Waals surface area contributed by atoms with Gasteiger partial charge in [-0.1, -0.05) is 18.2 Å². The van der Waals surface area contributed by atoms with Gasteiger partial charge in [0.1, 0.15) is 0 Å². The van der Waals surface area contributed by atoms with Crippen molar-refractivity contribution in [1.29, 1.82) is 0 Å². The first kappa shape index (κ1) is 18.5. The molecule has 1 saturated heterocycles. The molecule has 0 aromatic heterocycles. The lowest BCUT2D eigenvalue weighted by Crippen LogP contribution is -2.54. The zero-order chi connectivity index (χ0) is 17.7. The fourth-order valence-corrected chi connectivity index (χ4v) is 2.93. The van der Waals surface area contributed by atoms with Crippen molar-refractivity contribution >= 4 is 11.8 Å². The second-order valence-corrected chi connectivity index (χ2v) is 7.56. The molecule has 132 valence electrons. The van der Waals surface area contributed by atoms with Gasteiger partial charge in [-0.3, -0.25) is 14.5 Å². The van der Waals surface area contributed by atoms with Crippen LogP contribution in [0.2, 0.25) is 0 Å². The number of nitrogens with zero attached hydrogens (tertiary/aromatic N) is 1. The van der Waals surface area contributed by atoms with Gasteiger partial charge in [0.25, 0.3) is 5.91 Å². The van der Waals surface area contributed by atoms with Crippen LogP contribution in [0.15, 0.2) is 30.3 Å². The SMILES string of the molecule is CC(C(=O)NC(C)(C)C)N1CCC(NC(=O)c2ccccc2)CC1. The molecule has 2 N–H and O–H groups in total. The van der Waals surface area contributed by atoms with Crippen molar-refractivity contribution in [3.05, 3.63) is 35.9 Å². The van der Waals surface area contributed by atoms with Crippen molar-refractivity contribution in [1.82, 2.24) is 15.5 Å². The third-order valence-electron chi connectivity index (χ3n) is 4.33. The number of hydrogen-bond donors (Lipinski definition) is 2. The van der Waals surface area contributed by atoms with E-state index in [9.17, 15) is 9.59 Å². The first-order valence-electron chi connectivity index (χ1n) is 8.68. The van der Waals surface area contributed by atoms with Crippen molar-refractivity contribution in [2.75, 3.05) is 13.1 Å². The van der Waals surface area contributed by atoms with Gasteiger partial charge in [0.15, 0.2) is 0 Å². The fraction of sp³-hybridized carbons (Fsp3) is 0.579. The summed E-state index contributed by atoms with van der Waals surface area (Å²) in [5.41, 5.74) is 0.477. The maximum absolute atomic E-state index is 12.3. The van der Waals surface area contributed by atoms with Gasteiger partial charge >= 0.3 is 0 Å². The Morgan fingerprint density at radius 2 is 1.71 bits per heavy atom. The summed E-state index contributed by atoms with van der Waals surface area (Å²) in [6, 6.07) is 9.31. The Hall–Kier alpha value is -1.88. The van der Waals surface area contributed by atoms with Crippen LogP contribution in [0.25, 0.3) is 0 Å². The highest BCUT2D eigenvalue weighted by atomic mass is 16.2. The predicted molar refractivity (Wildman–Crippen MR) is 95.9 cm³/mol. The van der Waals surface area contributed by atoms with Gasteiger partial charge in [-0.05, 0) is 52.7 Å².